The van der Waals surface area contributed by atoms with Gasteiger partial charge in [-0.1, -0.05) is 95.6 Å². The summed E-state index contributed by atoms with van der Waals surface area (Å²) < 4.78 is 0. The van der Waals surface area contributed by atoms with E-state index >= 15 is 0 Å². The molecule has 0 fully saturated rings. The van der Waals surface area contributed by atoms with Crippen LogP contribution in [0.25, 0.3) is 0 Å². The van der Waals surface area contributed by atoms with Gasteiger partial charge >= 0.3 is 0 Å². The molecule has 3 rings (SSSR count). The molecule has 3 aromatic carbocycles. The molecule has 0 spiro atoms. The molecule has 0 aliphatic carbocycles. The van der Waals surface area contributed by atoms with Crippen LogP contribution in [0.3, 0.4) is 0 Å². The average molecular weight is 474 g/mol. The summed E-state index contributed by atoms with van der Waals surface area (Å²) in [6, 6.07) is 18.4. The first-order valence-corrected chi connectivity index (χ1v) is 11.9. The molecule has 35 heavy (non-hydrogen) atoms. The number of para-hydroxylation sites is 2. The molecule has 0 aliphatic rings. The standard InChI is InChI=1S/C29H35N3O3/c1-19-11-8-12-21(17-19)20(2)22-13-9-15-24(26(22)32(34)35)30-31-25-16-10-14-23(27(25)33)29(6,7)18-28(3,4)5/h8-17,20,33H,18H2,1-7H3. The lowest BCUT2D eigenvalue weighted by molar-refractivity contribution is -0.384. The quantitative estimate of drug-likeness (QED) is 0.211. The second kappa shape index (κ2) is 9.98. The average Bonchev–Trinajstić information content (AvgIpc) is 2.75. The van der Waals surface area contributed by atoms with Crippen LogP contribution in [-0.2, 0) is 5.41 Å². The molecule has 0 amide bonds. The molecule has 1 unspecified atom stereocenters. The van der Waals surface area contributed by atoms with E-state index in [0.29, 0.717) is 5.56 Å². The molecule has 0 aliphatic heterocycles. The zero-order valence-electron chi connectivity index (χ0n) is 21.7. The van der Waals surface area contributed by atoms with E-state index in [-0.39, 0.29) is 39.6 Å². The van der Waals surface area contributed by atoms with Crippen molar-refractivity contribution in [3.8, 4) is 5.75 Å². The lowest BCUT2D eigenvalue weighted by Crippen LogP contribution is -2.24. The van der Waals surface area contributed by atoms with Gasteiger partial charge in [0.2, 0.25) is 0 Å². The maximum Gasteiger partial charge on any atom is 0.300 e. The predicted molar refractivity (Wildman–Crippen MR) is 141 cm³/mol. The van der Waals surface area contributed by atoms with E-state index in [0.717, 1.165) is 23.1 Å². The number of hydrogen-bond acceptors (Lipinski definition) is 5. The third-order valence-electron chi connectivity index (χ3n) is 6.22. The fourth-order valence-electron chi connectivity index (χ4n) is 4.98. The normalized spacial score (nSPS) is 13.2. The number of aryl methyl sites for hydroxylation is 1. The zero-order valence-corrected chi connectivity index (χ0v) is 21.7. The SMILES string of the molecule is Cc1cccc(C(C)c2cccc(N=Nc3cccc(C(C)(C)CC(C)(C)C)c3O)c2[N+](=O)[O-])c1. The van der Waals surface area contributed by atoms with Crippen LogP contribution in [0.4, 0.5) is 17.1 Å². The van der Waals surface area contributed by atoms with E-state index in [1.807, 2.05) is 50.2 Å². The molecular weight excluding hydrogens is 438 g/mol. The molecule has 6 heteroatoms. The number of phenolic OH excluding ortho intramolecular Hbond substituents is 1. The van der Waals surface area contributed by atoms with Gasteiger partial charge in [0.1, 0.15) is 11.4 Å². The largest absolute Gasteiger partial charge is 0.505 e. The molecule has 0 saturated heterocycles. The highest BCUT2D eigenvalue weighted by Crippen LogP contribution is 2.44. The first-order chi connectivity index (χ1) is 16.3. The number of nitrogens with zero attached hydrogens (tertiary/aromatic N) is 3. The highest BCUT2D eigenvalue weighted by molar-refractivity contribution is 5.64. The van der Waals surface area contributed by atoms with Crippen molar-refractivity contribution >= 4 is 17.1 Å². The molecule has 0 heterocycles. The van der Waals surface area contributed by atoms with Crippen molar-refractivity contribution in [2.24, 2.45) is 15.6 Å². The second-order valence-electron chi connectivity index (χ2n) is 11.1. The van der Waals surface area contributed by atoms with Gasteiger partial charge in [0, 0.05) is 17.0 Å². The van der Waals surface area contributed by atoms with Crippen LogP contribution in [0, 0.1) is 22.5 Å². The van der Waals surface area contributed by atoms with E-state index in [1.165, 1.54) is 0 Å². The Labute approximate surface area is 207 Å². The smallest absolute Gasteiger partial charge is 0.300 e. The van der Waals surface area contributed by atoms with E-state index in [9.17, 15) is 15.2 Å². The molecular formula is C29H35N3O3. The number of phenols is 1. The van der Waals surface area contributed by atoms with Crippen LogP contribution in [0.15, 0.2) is 70.9 Å². The Morgan fingerprint density at radius 2 is 1.54 bits per heavy atom. The Morgan fingerprint density at radius 1 is 0.943 bits per heavy atom. The first kappa shape index (κ1) is 26.1. The van der Waals surface area contributed by atoms with Gasteiger partial charge in [-0.3, -0.25) is 10.1 Å². The fourth-order valence-corrected chi connectivity index (χ4v) is 4.98. The number of aromatic hydroxyl groups is 1. The summed E-state index contributed by atoms with van der Waals surface area (Å²) in [5, 5.41) is 31.6. The third kappa shape index (κ3) is 6.13. The van der Waals surface area contributed by atoms with E-state index in [1.54, 1.807) is 24.3 Å². The van der Waals surface area contributed by atoms with Gasteiger partial charge in [-0.25, -0.2) is 0 Å². The van der Waals surface area contributed by atoms with Crippen LogP contribution in [0.2, 0.25) is 0 Å². The Bertz CT molecular complexity index is 1260. The van der Waals surface area contributed by atoms with Gasteiger partial charge < -0.3 is 5.11 Å². The predicted octanol–water partition coefficient (Wildman–Crippen LogP) is 8.89. The lowest BCUT2D eigenvalue weighted by atomic mass is 9.72. The second-order valence-corrected chi connectivity index (χ2v) is 11.1. The molecule has 1 atom stereocenters. The summed E-state index contributed by atoms with van der Waals surface area (Å²) in [6.07, 6.45) is 0.860. The van der Waals surface area contributed by atoms with Crippen molar-refractivity contribution < 1.29 is 10.0 Å². The minimum atomic E-state index is -0.404. The molecule has 3 aromatic rings. The molecule has 0 bridgehead atoms. The molecule has 0 radical (unpaired) electrons. The Morgan fingerprint density at radius 3 is 2.17 bits per heavy atom. The molecule has 184 valence electrons. The Kier molecular flexibility index (Phi) is 7.44. The van der Waals surface area contributed by atoms with Gasteiger partial charge in [-0.15, -0.1) is 10.2 Å². The van der Waals surface area contributed by atoms with Crippen LogP contribution in [0.5, 0.6) is 5.75 Å². The number of benzene rings is 3. The summed E-state index contributed by atoms with van der Waals surface area (Å²) in [5.74, 6) is -0.141. The Hall–Kier alpha value is -3.54. The number of rotatable bonds is 7. The van der Waals surface area contributed by atoms with E-state index in [2.05, 4.69) is 44.8 Å². The lowest BCUT2D eigenvalue weighted by Gasteiger charge is -2.33. The van der Waals surface area contributed by atoms with Crippen LogP contribution >= 0.6 is 0 Å². The van der Waals surface area contributed by atoms with Crippen LogP contribution < -0.4 is 0 Å². The monoisotopic (exact) mass is 473 g/mol. The molecule has 1 N–H and O–H groups in total. The van der Waals surface area contributed by atoms with Crippen molar-refractivity contribution in [1.82, 2.24) is 0 Å². The van der Waals surface area contributed by atoms with Crippen molar-refractivity contribution in [3.63, 3.8) is 0 Å². The molecule has 6 nitrogen and oxygen atoms in total. The van der Waals surface area contributed by atoms with Crippen molar-refractivity contribution in [3.05, 3.63) is 93.0 Å². The number of azo groups is 1. The van der Waals surface area contributed by atoms with Crippen molar-refractivity contribution in [2.45, 2.75) is 66.2 Å². The van der Waals surface area contributed by atoms with Crippen molar-refractivity contribution in [2.75, 3.05) is 0 Å². The van der Waals surface area contributed by atoms with Gasteiger partial charge in [0.15, 0.2) is 5.69 Å². The van der Waals surface area contributed by atoms with Gasteiger partial charge in [-0.05, 0) is 41.9 Å². The van der Waals surface area contributed by atoms with Crippen molar-refractivity contribution in [1.29, 1.82) is 0 Å². The summed E-state index contributed by atoms with van der Waals surface area (Å²) in [6.45, 7) is 14.6. The number of hydrogen-bond donors (Lipinski definition) is 1. The number of nitro groups is 1. The Balaban J connectivity index is 2.02. The van der Waals surface area contributed by atoms with Gasteiger partial charge in [-0.2, -0.15) is 0 Å². The summed E-state index contributed by atoms with van der Waals surface area (Å²) >= 11 is 0. The molecule has 0 saturated carbocycles. The highest BCUT2D eigenvalue weighted by atomic mass is 16.6. The minimum Gasteiger partial charge on any atom is -0.505 e. The summed E-state index contributed by atoms with van der Waals surface area (Å²) in [5.41, 5.74) is 3.59. The first-order valence-electron chi connectivity index (χ1n) is 11.9. The zero-order chi connectivity index (χ0) is 26.0. The maximum atomic E-state index is 12.1. The minimum absolute atomic E-state index is 0.0532. The fraction of sp³-hybridized carbons (Fsp3) is 0.379. The van der Waals surface area contributed by atoms with Crippen LogP contribution in [0.1, 0.15) is 76.1 Å². The van der Waals surface area contributed by atoms with E-state index < -0.39 is 4.92 Å². The number of nitro benzene ring substituents is 1. The topological polar surface area (TPSA) is 88.1 Å². The maximum absolute atomic E-state index is 12.1. The summed E-state index contributed by atoms with van der Waals surface area (Å²) in [4.78, 5) is 11.7. The summed E-state index contributed by atoms with van der Waals surface area (Å²) in [7, 11) is 0. The van der Waals surface area contributed by atoms with E-state index in [4.69, 9.17) is 0 Å². The third-order valence-corrected chi connectivity index (χ3v) is 6.22. The van der Waals surface area contributed by atoms with Gasteiger partial charge in [0.25, 0.3) is 5.69 Å². The highest BCUT2D eigenvalue weighted by Gasteiger charge is 2.30. The van der Waals surface area contributed by atoms with Gasteiger partial charge in [0.05, 0.1) is 4.92 Å². The molecule has 0 aromatic heterocycles. The van der Waals surface area contributed by atoms with Crippen LogP contribution in [-0.4, -0.2) is 10.0 Å².